The Hall–Kier alpha value is -1.54. The van der Waals surface area contributed by atoms with Crippen LogP contribution in [0.2, 0.25) is 5.15 Å². The molecule has 3 atom stereocenters. The molecular weight excluding hydrogens is 296 g/mol. The molecular formula is C13H13ClN4O3. The van der Waals surface area contributed by atoms with E-state index >= 15 is 0 Å². The first-order valence-corrected chi connectivity index (χ1v) is 7.05. The Labute approximate surface area is 125 Å². The van der Waals surface area contributed by atoms with Gasteiger partial charge in [-0.1, -0.05) is 23.8 Å². The van der Waals surface area contributed by atoms with Gasteiger partial charge in [0.05, 0.1) is 12.9 Å². The summed E-state index contributed by atoms with van der Waals surface area (Å²) in [6.45, 7) is 0.810. The SMILES string of the molecule is Clc1ncnc2c1ncn2[C@@H]1CC=C[C@@H]2OCOC[C@H]2O1. The molecule has 0 spiro atoms. The van der Waals surface area contributed by atoms with Crippen LogP contribution < -0.4 is 0 Å². The zero-order valence-corrected chi connectivity index (χ0v) is 11.8. The van der Waals surface area contributed by atoms with Crippen molar-refractivity contribution in [2.45, 2.75) is 24.9 Å². The zero-order chi connectivity index (χ0) is 14.2. The molecule has 110 valence electrons. The van der Waals surface area contributed by atoms with Crippen molar-refractivity contribution in [1.29, 1.82) is 0 Å². The molecule has 4 heterocycles. The lowest BCUT2D eigenvalue weighted by Gasteiger charge is -2.31. The highest BCUT2D eigenvalue weighted by atomic mass is 35.5. The summed E-state index contributed by atoms with van der Waals surface area (Å²) >= 11 is 6.03. The van der Waals surface area contributed by atoms with Gasteiger partial charge in [-0.3, -0.25) is 4.57 Å². The molecule has 0 aliphatic carbocycles. The highest BCUT2D eigenvalue weighted by Crippen LogP contribution is 2.28. The quantitative estimate of drug-likeness (QED) is 0.590. The van der Waals surface area contributed by atoms with Crippen LogP contribution in [0.15, 0.2) is 24.8 Å². The fourth-order valence-corrected chi connectivity index (χ4v) is 2.77. The van der Waals surface area contributed by atoms with Gasteiger partial charge in [0.15, 0.2) is 10.8 Å². The first-order chi connectivity index (χ1) is 10.3. The molecule has 2 aromatic rings. The molecule has 21 heavy (non-hydrogen) atoms. The lowest BCUT2D eigenvalue weighted by atomic mass is 10.2. The Kier molecular flexibility index (Phi) is 3.34. The summed E-state index contributed by atoms with van der Waals surface area (Å²) in [7, 11) is 0. The Balaban J connectivity index is 1.68. The van der Waals surface area contributed by atoms with Gasteiger partial charge in [-0.05, 0) is 0 Å². The molecule has 2 aromatic heterocycles. The van der Waals surface area contributed by atoms with E-state index in [0.29, 0.717) is 36.1 Å². The van der Waals surface area contributed by atoms with Crippen LogP contribution in [0.25, 0.3) is 11.2 Å². The van der Waals surface area contributed by atoms with Gasteiger partial charge in [-0.2, -0.15) is 0 Å². The Bertz CT molecular complexity index is 689. The molecule has 0 bridgehead atoms. The average Bonchev–Trinajstić information content (AvgIpc) is 2.82. The van der Waals surface area contributed by atoms with Crippen molar-refractivity contribution in [2.24, 2.45) is 0 Å². The van der Waals surface area contributed by atoms with Crippen molar-refractivity contribution in [3.8, 4) is 0 Å². The van der Waals surface area contributed by atoms with E-state index in [4.69, 9.17) is 25.8 Å². The average molecular weight is 309 g/mol. The number of hydrogen-bond acceptors (Lipinski definition) is 6. The van der Waals surface area contributed by atoms with Gasteiger partial charge in [-0.25, -0.2) is 15.0 Å². The topological polar surface area (TPSA) is 71.3 Å². The zero-order valence-electron chi connectivity index (χ0n) is 11.1. The summed E-state index contributed by atoms with van der Waals surface area (Å²) < 4.78 is 18.8. The predicted octanol–water partition coefficient (Wildman–Crippen LogP) is 1.70. The Morgan fingerprint density at radius 2 is 2.24 bits per heavy atom. The standard InChI is InChI=1S/C13H13ClN4O3/c14-12-11-13(16-5-15-12)18(6-17-11)10-3-1-2-8-9(21-10)4-19-7-20-8/h1-2,5-6,8-10H,3-4,7H2/t8-,9+,10-/m0/s1. The third kappa shape index (κ3) is 2.32. The fourth-order valence-electron chi connectivity index (χ4n) is 2.59. The third-order valence-electron chi connectivity index (χ3n) is 3.61. The minimum absolute atomic E-state index is 0.0725. The number of nitrogens with zero attached hydrogens (tertiary/aromatic N) is 4. The lowest BCUT2D eigenvalue weighted by molar-refractivity contribution is -0.211. The van der Waals surface area contributed by atoms with E-state index in [-0.39, 0.29) is 18.4 Å². The third-order valence-corrected chi connectivity index (χ3v) is 3.89. The number of imidazole rings is 1. The first kappa shape index (κ1) is 13.1. The summed E-state index contributed by atoms with van der Waals surface area (Å²) in [4.78, 5) is 12.5. The van der Waals surface area contributed by atoms with Crippen molar-refractivity contribution in [2.75, 3.05) is 13.4 Å². The molecule has 2 aliphatic rings. The van der Waals surface area contributed by atoms with E-state index in [1.807, 2.05) is 10.6 Å². The number of fused-ring (bicyclic) bond motifs is 2. The molecule has 1 fully saturated rings. The van der Waals surface area contributed by atoms with Crippen molar-refractivity contribution in [1.82, 2.24) is 19.5 Å². The van der Waals surface area contributed by atoms with Crippen molar-refractivity contribution in [3.63, 3.8) is 0 Å². The van der Waals surface area contributed by atoms with Gasteiger partial charge >= 0.3 is 0 Å². The van der Waals surface area contributed by atoms with Gasteiger partial charge in [0.25, 0.3) is 0 Å². The maximum atomic E-state index is 6.11. The fraction of sp³-hybridized carbons (Fsp3) is 0.462. The van der Waals surface area contributed by atoms with E-state index < -0.39 is 0 Å². The van der Waals surface area contributed by atoms with Crippen LogP contribution in [0.1, 0.15) is 12.6 Å². The Morgan fingerprint density at radius 1 is 1.29 bits per heavy atom. The number of halogens is 1. The molecule has 8 heteroatoms. The summed E-state index contributed by atoms with van der Waals surface area (Å²) in [5.41, 5.74) is 1.23. The highest BCUT2D eigenvalue weighted by Gasteiger charge is 2.31. The summed E-state index contributed by atoms with van der Waals surface area (Å²) in [6.07, 6.45) is 7.43. The van der Waals surface area contributed by atoms with Crippen LogP contribution in [0, 0.1) is 0 Å². The van der Waals surface area contributed by atoms with Gasteiger partial charge in [-0.15, -0.1) is 0 Å². The van der Waals surface area contributed by atoms with E-state index in [2.05, 4.69) is 21.0 Å². The second-order valence-electron chi connectivity index (χ2n) is 4.90. The number of ether oxygens (including phenoxy) is 3. The molecule has 0 aromatic carbocycles. The van der Waals surface area contributed by atoms with Crippen LogP contribution in [0.3, 0.4) is 0 Å². The number of rotatable bonds is 1. The van der Waals surface area contributed by atoms with Crippen LogP contribution in [0.5, 0.6) is 0 Å². The molecule has 0 unspecified atom stereocenters. The molecule has 0 saturated carbocycles. The number of hydrogen-bond donors (Lipinski definition) is 0. The number of aromatic nitrogens is 4. The van der Waals surface area contributed by atoms with Crippen molar-refractivity contribution in [3.05, 3.63) is 30.0 Å². The molecule has 1 saturated heterocycles. The molecule has 7 nitrogen and oxygen atoms in total. The van der Waals surface area contributed by atoms with Crippen LogP contribution in [-0.4, -0.2) is 45.1 Å². The minimum atomic E-state index is -0.225. The van der Waals surface area contributed by atoms with Crippen molar-refractivity contribution >= 4 is 22.8 Å². The van der Waals surface area contributed by atoms with Gasteiger partial charge in [0, 0.05) is 6.42 Å². The molecule has 0 amide bonds. The monoisotopic (exact) mass is 308 g/mol. The van der Waals surface area contributed by atoms with Gasteiger partial charge in [0.1, 0.15) is 37.1 Å². The molecule has 0 N–H and O–H groups in total. The van der Waals surface area contributed by atoms with Crippen molar-refractivity contribution < 1.29 is 14.2 Å². The maximum Gasteiger partial charge on any atom is 0.166 e. The largest absolute Gasteiger partial charge is 0.353 e. The predicted molar refractivity (Wildman–Crippen MR) is 73.7 cm³/mol. The maximum absolute atomic E-state index is 6.11. The lowest BCUT2D eigenvalue weighted by Crippen LogP contribution is -2.40. The molecule has 4 rings (SSSR count). The van der Waals surface area contributed by atoms with E-state index in [9.17, 15) is 0 Å². The van der Waals surface area contributed by atoms with Crippen LogP contribution in [0.4, 0.5) is 0 Å². The summed E-state index contributed by atoms with van der Waals surface area (Å²) in [5.74, 6) is 0. The van der Waals surface area contributed by atoms with Gasteiger partial charge < -0.3 is 14.2 Å². The van der Waals surface area contributed by atoms with E-state index in [1.54, 1.807) is 6.33 Å². The summed E-state index contributed by atoms with van der Waals surface area (Å²) in [6, 6.07) is 0. The van der Waals surface area contributed by atoms with Crippen LogP contribution in [-0.2, 0) is 14.2 Å². The van der Waals surface area contributed by atoms with E-state index in [0.717, 1.165) is 0 Å². The molecule has 0 radical (unpaired) electrons. The van der Waals surface area contributed by atoms with Crippen LogP contribution >= 0.6 is 11.6 Å². The van der Waals surface area contributed by atoms with E-state index in [1.165, 1.54) is 6.33 Å². The second-order valence-corrected chi connectivity index (χ2v) is 5.26. The smallest absolute Gasteiger partial charge is 0.166 e. The first-order valence-electron chi connectivity index (χ1n) is 6.67. The summed E-state index contributed by atoms with van der Waals surface area (Å²) in [5, 5.41) is 0.338. The van der Waals surface area contributed by atoms with Gasteiger partial charge in [0.2, 0.25) is 0 Å². The Morgan fingerprint density at radius 3 is 3.19 bits per heavy atom. The molecule has 2 aliphatic heterocycles. The minimum Gasteiger partial charge on any atom is -0.353 e. The normalized spacial score (nSPS) is 29.3. The second kappa shape index (κ2) is 5.34. The highest BCUT2D eigenvalue weighted by molar-refractivity contribution is 6.33.